The maximum absolute atomic E-state index is 13.0. The molecule has 4 rings (SSSR count). The zero-order chi connectivity index (χ0) is 21.1. The van der Waals surface area contributed by atoms with E-state index in [2.05, 4.69) is 5.32 Å². The van der Waals surface area contributed by atoms with Crippen LogP contribution in [0.5, 0.6) is 0 Å². The van der Waals surface area contributed by atoms with Crippen molar-refractivity contribution in [3.8, 4) is 0 Å². The Morgan fingerprint density at radius 3 is 2.63 bits per heavy atom. The van der Waals surface area contributed by atoms with Crippen LogP contribution >= 0.6 is 0 Å². The minimum absolute atomic E-state index is 0.0676. The topological polar surface area (TPSA) is 84.9 Å². The van der Waals surface area contributed by atoms with Gasteiger partial charge < -0.3 is 19.7 Å². The number of piperidine rings is 1. The van der Waals surface area contributed by atoms with Crippen LogP contribution in [-0.2, 0) is 25.7 Å². The third-order valence-electron chi connectivity index (χ3n) is 6.95. The summed E-state index contributed by atoms with van der Waals surface area (Å²) in [4.78, 5) is 39.3. The Hall–Kier alpha value is -2.57. The van der Waals surface area contributed by atoms with E-state index in [1.165, 1.54) is 7.11 Å². The first kappa shape index (κ1) is 20.7. The van der Waals surface area contributed by atoms with Crippen LogP contribution in [0.2, 0.25) is 0 Å². The summed E-state index contributed by atoms with van der Waals surface area (Å²) in [6, 6.07) is 9.47. The first-order valence-corrected chi connectivity index (χ1v) is 10.9. The molecule has 162 valence electrons. The van der Waals surface area contributed by atoms with Crippen LogP contribution in [0.25, 0.3) is 0 Å². The molecule has 0 aromatic heterocycles. The fourth-order valence-electron chi connectivity index (χ4n) is 5.43. The molecular formula is C23H30N2O5. The molecule has 30 heavy (non-hydrogen) atoms. The maximum Gasteiger partial charge on any atom is 0.409 e. The van der Waals surface area contributed by atoms with E-state index in [1.807, 2.05) is 30.3 Å². The van der Waals surface area contributed by atoms with E-state index >= 15 is 0 Å². The molecule has 2 bridgehead atoms. The first-order chi connectivity index (χ1) is 14.6. The van der Waals surface area contributed by atoms with E-state index in [1.54, 1.807) is 4.90 Å². The third kappa shape index (κ3) is 4.30. The van der Waals surface area contributed by atoms with Crippen molar-refractivity contribution < 1.29 is 23.9 Å². The second-order valence-electron chi connectivity index (χ2n) is 8.74. The number of hydrogen-bond acceptors (Lipinski definition) is 5. The van der Waals surface area contributed by atoms with Crippen molar-refractivity contribution in [1.29, 1.82) is 0 Å². The Morgan fingerprint density at radius 2 is 1.87 bits per heavy atom. The minimum atomic E-state index is -0.394. The van der Waals surface area contributed by atoms with Gasteiger partial charge in [-0.3, -0.25) is 9.59 Å². The number of amides is 2. The number of nitrogens with one attached hydrogen (secondary N) is 1. The van der Waals surface area contributed by atoms with E-state index in [-0.39, 0.29) is 42.3 Å². The number of carbonyl (C=O) groups excluding carboxylic acids is 3. The highest BCUT2D eigenvalue weighted by Gasteiger charge is 2.52. The van der Waals surface area contributed by atoms with Crippen LogP contribution in [0, 0.1) is 23.7 Å². The lowest BCUT2D eigenvalue weighted by Gasteiger charge is -2.34. The summed E-state index contributed by atoms with van der Waals surface area (Å²) < 4.78 is 10.4. The van der Waals surface area contributed by atoms with Gasteiger partial charge in [0.25, 0.3) is 0 Å². The SMILES string of the molecule is COC(=O)N1CCC[C@H](C(=O)N[C@@H]2[C@H]3CC[C@@H](C3)[C@H]2C(=O)OCc2ccccc2)C1. The summed E-state index contributed by atoms with van der Waals surface area (Å²) in [6.45, 7) is 1.23. The van der Waals surface area contributed by atoms with Gasteiger partial charge in [-0.2, -0.15) is 0 Å². The fraction of sp³-hybridized carbons (Fsp3) is 0.609. The predicted molar refractivity (Wildman–Crippen MR) is 109 cm³/mol. The van der Waals surface area contributed by atoms with Crippen LogP contribution < -0.4 is 5.32 Å². The molecule has 2 aliphatic carbocycles. The van der Waals surface area contributed by atoms with Gasteiger partial charge in [0.1, 0.15) is 6.61 Å². The van der Waals surface area contributed by atoms with Gasteiger partial charge in [0.2, 0.25) is 5.91 Å². The van der Waals surface area contributed by atoms with Crippen LogP contribution in [0.1, 0.15) is 37.7 Å². The molecule has 1 aromatic carbocycles. The lowest BCUT2D eigenvalue weighted by atomic mass is 9.84. The Balaban J connectivity index is 1.37. The molecule has 1 saturated heterocycles. The van der Waals surface area contributed by atoms with Gasteiger partial charge in [0.15, 0.2) is 0 Å². The van der Waals surface area contributed by atoms with E-state index in [9.17, 15) is 14.4 Å². The second kappa shape index (κ2) is 9.06. The molecule has 2 amide bonds. The van der Waals surface area contributed by atoms with Gasteiger partial charge in [-0.05, 0) is 49.5 Å². The highest BCUT2D eigenvalue weighted by atomic mass is 16.5. The molecule has 5 atom stereocenters. The zero-order valence-corrected chi connectivity index (χ0v) is 17.4. The lowest BCUT2D eigenvalue weighted by molar-refractivity contribution is -0.153. The summed E-state index contributed by atoms with van der Waals surface area (Å²) in [5.41, 5.74) is 0.958. The number of ether oxygens (including phenoxy) is 2. The highest BCUT2D eigenvalue weighted by molar-refractivity contribution is 5.82. The van der Waals surface area contributed by atoms with Gasteiger partial charge in [0.05, 0.1) is 18.9 Å². The van der Waals surface area contributed by atoms with Gasteiger partial charge in [0, 0.05) is 19.1 Å². The predicted octanol–water partition coefficient (Wildman–Crippen LogP) is 2.74. The smallest absolute Gasteiger partial charge is 0.409 e. The molecule has 1 aliphatic heterocycles. The molecule has 2 saturated carbocycles. The minimum Gasteiger partial charge on any atom is -0.461 e. The molecular weight excluding hydrogens is 384 g/mol. The largest absolute Gasteiger partial charge is 0.461 e. The maximum atomic E-state index is 13.0. The molecule has 0 spiro atoms. The van der Waals surface area contributed by atoms with E-state index < -0.39 is 6.09 Å². The number of carbonyl (C=O) groups is 3. The summed E-state index contributed by atoms with van der Waals surface area (Å²) in [6.07, 6.45) is 4.14. The van der Waals surface area contributed by atoms with E-state index in [0.29, 0.717) is 19.0 Å². The molecule has 1 N–H and O–H groups in total. The molecule has 3 aliphatic rings. The van der Waals surface area contributed by atoms with Gasteiger partial charge in [-0.1, -0.05) is 30.3 Å². The van der Waals surface area contributed by atoms with E-state index in [0.717, 1.165) is 37.7 Å². The Kier molecular flexibility index (Phi) is 6.25. The molecule has 7 heteroatoms. The van der Waals surface area contributed by atoms with Crippen molar-refractivity contribution >= 4 is 18.0 Å². The average Bonchev–Trinajstić information content (AvgIpc) is 3.39. The zero-order valence-electron chi connectivity index (χ0n) is 17.4. The molecule has 3 fully saturated rings. The molecule has 0 unspecified atom stereocenters. The van der Waals surface area contributed by atoms with Gasteiger partial charge in [-0.25, -0.2) is 4.79 Å². The van der Waals surface area contributed by atoms with Crippen LogP contribution in [0.15, 0.2) is 30.3 Å². The van der Waals surface area contributed by atoms with Crippen molar-refractivity contribution in [1.82, 2.24) is 10.2 Å². The van der Waals surface area contributed by atoms with Crippen molar-refractivity contribution in [3.05, 3.63) is 35.9 Å². The van der Waals surface area contributed by atoms with Gasteiger partial charge >= 0.3 is 12.1 Å². The number of esters is 1. The number of methoxy groups -OCH3 is 1. The number of fused-ring (bicyclic) bond motifs is 2. The number of likely N-dealkylation sites (tertiary alicyclic amines) is 1. The Morgan fingerprint density at radius 1 is 1.10 bits per heavy atom. The Bertz CT molecular complexity index is 783. The highest BCUT2D eigenvalue weighted by Crippen LogP contribution is 2.49. The second-order valence-corrected chi connectivity index (χ2v) is 8.74. The molecule has 1 aromatic rings. The van der Waals surface area contributed by atoms with Gasteiger partial charge in [-0.15, -0.1) is 0 Å². The fourth-order valence-corrected chi connectivity index (χ4v) is 5.43. The molecule has 0 radical (unpaired) electrons. The average molecular weight is 415 g/mol. The van der Waals surface area contributed by atoms with Crippen molar-refractivity contribution in [3.63, 3.8) is 0 Å². The van der Waals surface area contributed by atoms with Crippen LogP contribution in [-0.4, -0.2) is 49.1 Å². The molecule has 1 heterocycles. The lowest BCUT2D eigenvalue weighted by Crippen LogP contribution is -2.52. The summed E-state index contributed by atoms with van der Waals surface area (Å²) >= 11 is 0. The number of hydrogen-bond donors (Lipinski definition) is 1. The number of benzene rings is 1. The number of nitrogens with zero attached hydrogens (tertiary/aromatic N) is 1. The summed E-state index contributed by atoms with van der Waals surface area (Å²) in [5, 5.41) is 3.17. The quantitative estimate of drug-likeness (QED) is 0.749. The van der Waals surface area contributed by atoms with Crippen LogP contribution in [0.3, 0.4) is 0 Å². The van der Waals surface area contributed by atoms with Crippen LogP contribution in [0.4, 0.5) is 4.79 Å². The van der Waals surface area contributed by atoms with Crippen molar-refractivity contribution in [2.75, 3.05) is 20.2 Å². The summed E-state index contributed by atoms with van der Waals surface area (Å²) in [7, 11) is 1.35. The standard InChI is InChI=1S/C23H30N2O5/c1-29-23(28)25-11-5-8-18(13-25)21(26)24-20-17-10-9-16(12-17)19(20)22(27)30-14-15-6-3-2-4-7-15/h2-4,6-7,16-20H,5,8-14H2,1H3,(H,24,26)/t16-,17-,18-,19+,20+/m0/s1. The normalized spacial score (nSPS) is 30.0. The van der Waals surface area contributed by atoms with E-state index in [4.69, 9.17) is 9.47 Å². The Labute approximate surface area is 177 Å². The monoisotopic (exact) mass is 414 g/mol. The number of rotatable bonds is 5. The summed E-state index contributed by atoms with van der Waals surface area (Å²) in [5.74, 6) is -0.220. The first-order valence-electron chi connectivity index (χ1n) is 10.9. The third-order valence-corrected chi connectivity index (χ3v) is 6.95. The van der Waals surface area contributed by atoms with Crippen molar-refractivity contribution in [2.45, 2.75) is 44.8 Å². The van der Waals surface area contributed by atoms with Crippen molar-refractivity contribution in [2.24, 2.45) is 23.7 Å². The molecule has 7 nitrogen and oxygen atoms in total.